The Kier molecular flexibility index (Phi) is 7.55. The van der Waals surface area contributed by atoms with E-state index in [-0.39, 0.29) is 10.8 Å². The molecule has 0 fully saturated rings. The fourth-order valence-electron chi connectivity index (χ4n) is 3.76. The van der Waals surface area contributed by atoms with E-state index < -0.39 is 18.9 Å². The maximum atomic E-state index is 13.2. The molecule has 0 aliphatic rings. The summed E-state index contributed by atoms with van der Waals surface area (Å²) in [4.78, 5) is 0. The minimum absolute atomic E-state index is 0.181. The van der Waals surface area contributed by atoms with E-state index in [0.29, 0.717) is 0 Å². The van der Waals surface area contributed by atoms with E-state index in [9.17, 15) is 4.21 Å². The van der Waals surface area contributed by atoms with Crippen molar-refractivity contribution in [2.24, 2.45) is 0 Å². The van der Waals surface area contributed by atoms with Gasteiger partial charge in [0.05, 0.1) is 21.8 Å². The highest BCUT2D eigenvalue weighted by Gasteiger charge is 2.28. The highest BCUT2D eigenvalue weighted by molar-refractivity contribution is 7.84. The molecule has 0 heterocycles. The summed E-state index contributed by atoms with van der Waals surface area (Å²) in [5.41, 5.74) is 2.28. The van der Waals surface area contributed by atoms with Crippen LogP contribution >= 0.6 is 7.92 Å². The van der Waals surface area contributed by atoms with Gasteiger partial charge in [0.15, 0.2) is 0 Å². The van der Waals surface area contributed by atoms with Crippen molar-refractivity contribution in [3.05, 3.63) is 126 Å². The molecule has 0 aromatic heterocycles. The van der Waals surface area contributed by atoms with Crippen LogP contribution in [0.25, 0.3) is 0 Å². The molecule has 0 saturated carbocycles. The molecule has 4 rings (SSSR count). The zero-order valence-electron chi connectivity index (χ0n) is 19.3. The van der Waals surface area contributed by atoms with E-state index in [1.807, 2.05) is 39.0 Å². The van der Waals surface area contributed by atoms with Crippen LogP contribution in [0.3, 0.4) is 0 Å². The van der Waals surface area contributed by atoms with E-state index in [0.717, 1.165) is 5.56 Å². The average Bonchev–Trinajstić information content (AvgIpc) is 2.84. The van der Waals surface area contributed by atoms with Gasteiger partial charge >= 0.3 is 0 Å². The van der Waals surface area contributed by atoms with Crippen molar-refractivity contribution < 1.29 is 4.21 Å². The van der Waals surface area contributed by atoms with Crippen molar-refractivity contribution in [3.63, 3.8) is 0 Å². The third kappa shape index (κ3) is 5.68. The molecule has 4 aromatic rings. The van der Waals surface area contributed by atoms with Gasteiger partial charge in [-0.1, -0.05) is 115 Å². The van der Waals surface area contributed by atoms with E-state index in [1.54, 1.807) is 0 Å². The molecule has 2 nitrogen and oxygen atoms in total. The van der Waals surface area contributed by atoms with Gasteiger partial charge in [-0.3, -0.25) is 0 Å². The maximum Gasteiger partial charge on any atom is 0.0979 e. The summed E-state index contributed by atoms with van der Waals surface area (Å²) in [5.74, 6) is 0. The molecular weight excluding hydrogens is 441 g/mol. The van der Waals surface area contributed by atoms with Crippen LogP contribution in [0, 0.1) is 0 Å². The summed E-state index contributed by atoms with van der Waals surface area (Å²) >= 11 is 0. The second kappa shape index (κ2) is 10.6. The molecule has 0 unspecified atom stereocenters. The fraction of sp³-hybridized carbons (Fsp3) is 0.172. The van der Waals surface area contributed by atoms with Gasteiger partial charge in [0.2, 0.25) is 0 Å². The Balaban J connectivity index is 1.89. The lowest BCUT2D eigenvalue weighted by atomic mass is 10.00. The molecule has 0 spiro atoms. The predicted octanol–water partition coefficient (Wildman–Crippen LogP) is 5.59. The summed E-state index contributed by atoms with van der Waals surface area (Å²) < 4.78 is 16.3. The summed E-state index contributed by atoms with van der Waals surface area (Å²) in [6, 6.07) is 40.2. The van der Waals surface area contributed by atoms with Gasteiger partial charge in [-0.15, -0.1) is 0 Å². The summed E-state index contributed by atoms with van der Waals surface area (Å²) in [7, 11) is -2.00. The first-order valence-corrected chi connectivity index (χ1v) is 13.7. The minimum atomic E-state index is -1.22. The molecule has 0 aliphatic heterocycles. The average molecular weight is 472 g/mol. The van der Waals surface area contributed by atoms with Crippen molar-refractivity contribution in [1.29, 1.82) is 0 Å². The van der Waals surface area contributed by atoms with Crippen molar-refractivity contribution in [2.75, 3.05) is 0 Å². The van der Waals surface area contributed by atoms with Gasteiger partial charge in [0.25, 0.3) is 0 Å². The highest BCUT2D eigenvalue weighted by atomic mass is 32.2. The Morgan fingerprint density at radius 2 is 1.12 bits per heavy atom. The van der Waals surface area contributed by atoms with Crippen LogP contribution in [0.5, 0.6) is 0 Å². The first-order valence-electron chi connectivity index (χ1n) is 11.2. The lowest BCUT2D eigenvalue weighted by molar-refractivity contribution is 0.624. The van der Waals surface area contributed by atoms with E-state index in [4.69, 9.17) is 0 Å². The van der Waals surface area contributed by atoms with Crippen LogP contribution in [-0.2, 0) is 11.0 Å². The summed E-state index contributed by atoms with van der Waals surface area (Å²) in [5, 5.41) is 3.88. The van der Waals surface area contributed by atoms with Crippen LogP contribution in [0.2, 0.25) is 0 Å². The molecule has 0 radical (unpaired) electrons. The van der Waals surface area contributed by atoms with E-state index in [2.05, 4.69) is 102 Å². The molecule has 168 valence electrons. The van der Waals surface area contributed by atoms with Gasteiger partial charge < -0.3 is 0 Å². The Bertz CT molecular complexity index is 1150. The molecule has 0 aliphatic carbocycles. The zero-order valence-corrected chi connectivity index (χ0v) is 21.0. The number of rotatable bonds is 7. The Hall–Kier alpha value is -2.58. The van der Waals surface area contributed by atoms with Gasteiger partial charge in [-0.25, -0.2) is 8.93 Å². The van der Waals surface area contributed by atoms with Gasteiger partial charge in [-0.2, -0.15) is 0 Å². The lowest BCUT2D eigenvalue weighted by Crippen LogP contribution is -2.38. The van der Waals surface area contributed by atoms with Crippen LogP contribution in [0.1, 0.15) is 37.9 Å². The molecule has 4 aromatic carbocycles. The van der Waals surface area contributed by atoms with Crippen LogP contribution in [0.15, 0.2) is 115 Å². The SMILES string of the molecule is CC(C)(C)[S@](=O)N[C@H](c1ccccc1)c1ccccc1P(c1ccccc1)c1ccccc1. The van der Waals surface area contributed by atoms with E-state index >= 15 is 0 Å². The monoisotopic (exact) mass is 471 g/mol. The quantitative estimate of drug-likeness (QED) is 0.350. The molecule has 2 atom stereocenters. The van der Waals surface area contributed by atoms with Crippen LogP contribution in [0.4, 0.5) is 0 Å². The maximum absolute atomic E-state index is 13.2. The van der Waals surface area contributed by atoms with Crippen molar-refractivity contribution in [3.8, 4) is 0 Å². The molecule has 4 heteroatoms. The molecule has 0 bridgehead atoms. The second-order valence-electron chi connectivity index (χ2n) is 8.91. The molecule has 0 amide bonds. The smallest absolute Gasteiger partial charge is 0.0979 e. The lowest BCUT2D eigenvalue weighted by Gasteiger charge is -2.29. The van der Waals surface area contributed by atoms with Gasteiger partial charge in [0.1, 0.15) is 0 Å². The Morgan fingerprint density at radius 1 is 0.667 bits per heavy atom. The number of nitrogens with one attached hydrogen (secondary N) is 1. The molecule has 0 saturated heterocycles. The number of hydrogen-bond donors (Lipinski definition) is 1. The third-order valence-corrected chi connectivity index (χ3v) is 9.51. The topological polar surface area (TPSA) is 29.1 Å². The fourth-order valence-corrected chi connectivity index (χ4v) is 7.08. The standard InChI is InChI=1S/C29H30NOPS/c1-29(2,3)33(31)30-28(23-15-7-4-8-16-23)26-21-13-14-22-27(26)32(24-17-9-5-10-18-24)25-19-11-6-12-20-25/h4-22,28,30H,1-3H3/t28-,33+/m1/s1. The van der Waals surface area contributed by atoms with Crippen molar-refractivity contribution >= 4 is 34.8 Å². The zero-order chi connectivity index (χ0) is 23.3. The molecular formula is C29H30NOPS. The number of hydrogen-bond acceptors (Lipinski definition) is 1. The largest absolute Gasteiger partial charge is 0.242 e. The van der Waals surface area contributed by atoms with Gasteiger partial charge in [0, 0.05) is 0 Å². The molecule has 1 N–H and O–H groups in total. The van der Waals surface area contributed by atoms with Crippen LogP contribution < -0.4 is 20.6 Å². The second-order valence-corrected chi connectivity index (χ2v) is 13.1. The van der Waals surface area contributed by atoms with E-state index in [1.165, 1.54) is 21.5 Å². The minimum Gasteiger partial charge on any atom is -0.242 e. The summed E-state index contributed by atoms with van der Waals surface area (Å²) in [6.07, 6.45) is 0. The van der Waals surface area contributed by atoms with Gasteiger partial charge in [-0.05, 0) is 55.7 Å². The summed E-state index contributed by atoms with van der Waals surface area (Å²) in [6.45, 7) is 6.01. The van der Waals surface area contributed by atoms with Crippen LogP contribution in [-0.4, -0.2) is 8.96 Å². The molecule has 33 heavy (non-hydrogen) atoms. The first-order chi connectivity index (χ1) is 15.9. The third-order valence-electron chi connectivity index (χ3n) is 5.43. The predicted molar refractivity (Wildman–Crippen MR) is 144 cm³/mol. The first kappa shape index (κ1) is 23.6. The Labute approximate surface area is 201 Å². The number of benzene rings is 4. The Morgan fingerprint density at radius 3 is 1.64 bits per heavy atom. The van der Waals surface area contributed by atoms with Crippen molar-refractivity contribution in [1.82, 2.24) is 4.72 Å². The van der Waals surface area contributed by atoms with Crippen molar-refractivity contribution in [2.45, 2.75) is 31.6 Å². The highest BCUT2D eigenvalue weighted by Crippen LogP contribution is 2.37. The normalized spacial score (nSPS) is 13.6.